The third-order valence-electron chi connectivity index (χ3n) is 2.32. The lowest BCUT2D eigenvalue weighted by Crippen LogP contribution is -2.38. The van der Waals surface area contributed by atoms with Crippen molar-refractivity contribution >= 4 is 17.4 Å². The fraction of sp³-hybridized carbons (Fsp3) is 0.364. The molecule has 1 unspecified atom stereocenters. The highest BCUT2D eigenvalue weighted by atomic mass is 16.6. The average Bonchev–Trinajstić information content (AvgIpc) is 2.31. The summed E-state index contributed by atoms with van der Waals surface area (Å²) in [6.07, 6.45) is 0. The second-order valence-electron chi connectivity index (χ2n) is 3.94. The molecule has 0 aliphatic rings. The topological polar surface area (TPSA) is 104 Å². The molecule has 1 aromatic carbocycles. The van der Waals surface area contributed by atoms with E-state index in [0.29, 0.717) is 11.3 Å². The Morgan fingerprint density at radius 3 is 2.78 bits per heavy atom. The number of aliphatic hydroxyl groups excluding tert-OH is 1. The number of aliphatic hydroxyl groups is 1. The number of hydrogen-bond acceptors (Lipinski definition) is 4. The quantitative estimate of drug-likeness (QED) is 0.557. The number of aryl methyl sites for hydroxylation is 1. The van der Waals surface area contributed by atoms with Gasteiger partial charge < -0.3 is 15.7 Å². The minimum Gasteiger partial charge on any atom is -0.394 e. The van der Waals surface area contributed by atoms with Gasteiger partial charge in [-0.05, 0) is 19.9 Å². The lowest BCUT2D eigenvalue weighted by molar-refractivity contribution is -0.385. The van der Waals surface area contributed by atoms with Crippen molar-refractivity contribution in [3.63, 3.8) is 0 Å². The maximum atomic E-state index is 11.4. The number of rotatable bonds is 4. The molecule has 7 heteroatoms. The Kier molecular flexibility index (Phi) is 4.61. The molecule has 0 saturated carbocycles. The molecule has 1 aromatic rings. The molecule has 0 spiro atoms. The summed E-state index contributed by atoms with van der Waals surface area (Å²) in [5.41, 5.74) is 0.799. The molecule has 0 radical (unpaired) electrons. The van der Waals surface area contributed by atoms with E-state index in [4.69, 9.17) is 5.11 Å². The highest BCUT2D eigenvalue weighted by molar-refractivity contribution is 5.89. The number of anilines is 1. The molecule has 2 amide bonds. The fourth-order valence-corrected chi connectivity index (χ4v) is 1.32. The zero-order valence-corrected chi connectivity index (χ0v) is 10.1. The van der Waals surface area contributed by atoms with E-state index in [-0.39, 0.29) is 18.3 Å². The number of amides is 2. The second-order valence-corrected chi connectivity index (χ2v) is 3.94. The summed E-state index contributed by atoms with van der Waals surface area (Å²) in [6.45, 7) is 3.08. The Morgan fingerprint density at radius 1 is 1.56 bits per heavy atom. The Labute approximate surface area is 104 Å². The van der Waals surface area contributed by atoms with Gasteiger partial charge in [0.1, 0.15) is 0 Å². The number of nitrogens with zero attached hydrogens (tertiary/aromatic N) is 1. The molecule has 0 fully saturated rings. The van der Waals surface area contributed by atoms with Gasteiger partial charge in [-0.2, -0.15) is 0 Å². The van der Waals surface area contributed by atoms with Crippen molar-refractivity contribution in [3.05, 3.63) is 33.9 Å². The second kappa shape index (κ2) is 5.97. The predicted octanol–water partition coefficient (Wildman–Crippen LogP) is 1.41. The first-order chi connectivity index (χ1) is 8.43. The maximum absolute atomic E-state index is 11.4. The number of nitro groups is 1. The summed E-state index contributed by atoms with van der Waals surface area (Å²) in [5.74, 6) is 0. The van der Waals surface area contributed by atoms with Crippen LogP contribution in [0, 0.1) is 17.0 Å². The summed E-state index contributed by atoms with van der Waals surface area (Å²) in [4.78, 5) is 21.7. The molecule has 0 heterocycles. The first kappa shape index (κ1) is 13.9. The van der Waals surface area contributed by atoms with Crippen LogP contribution in [0.4, 0.5) is 16.2 Å². The molecule has 7 nitrogen and oxygen atoms in total. The van der Waals surface area contributed by atoms with Crippen LogP contribution in [0.1, 0.15) is 12.5 Å². The third-order valence-corrected chi connectivity index (χ3v) is 2.32. The van der Waals surface area contributed by atoms with Gasteiger partial charge in [0.25, 0.3) is 5.69 Å². The minimum atomic E-state index is -0.519. The van der Waals surface area contributed by atoms with Crippen molar-refractivity contribution in [1.29, 1.82) is 0 Å². The normalized spacial score (nSPS) is 11.7. The van der Waals surface area contributed by atoms with Gasteiger partial charge in [-0.1, -0.05) is 6.07 Å². The molecule has 3 N–H and O–H groups in total. The molecular formula is C11H15N3O4. The van der Waals surface area contributed by atoms with Crippen LogP contribution in [0.25, 0.3) is 0 Å². The summed E-state index contributed by atoms with van der Waals surface area (Å²) < 4.78 is 0. The van der Waals surface area contributed by atoms with Crippen LogP contribution in [-0.2, 0) is 0 Å². The average molecular weight is 253 g/mol. The molecule has 1 atom stereocenters. The van der Waals surface area contributed by atoms with E-state index in [1.807, 2.05) is 0 Å². The van der Waals surface area contributed by atoms with Crippen molar-refractivity contribution in [2.75, 3.05) is 11.9 Å². The zero-order valence-electron chi connectivity index (χ0n) is 10.1. The lowest BCUT2D eigenvalue weighted by atomic mass is 10.2. The van der Waals surface area contributed by atoms with Crippen LogP contribution in [-0.4, -0.2) is 28.7 Å². The van der Waals surface area contributed by atoms with Crippen molar-refractivity contribution < 1.29 is 14.8 Å². The SMILES string of the molecule is Cc1ccc(NC(=O)NC(C)CO)cc1[N+](=O)[O-]. The van der Waals surface area contributed by atoms with Gasteiger partial charge in [0.2, 0.25) is 0 Å². The Bertz CT molecular complexity index is 462. The van der Waals surface area contributed by atoms with Gasteiger partial charge in [-0.3, -0.25) is 10.1 Å². The Hall–Kier alpha value is -2.15. The van der Waals surface area contributed by atoms with Crippen molar-refractivity contribution in [3.8, 4) is 0 Å². The van der Waals surface area contributed by atoms with E-state index >= 15 is 0 Å². The van der Waals surface area contributed by atoms with E-state index in [2.05, 4.69) is 10.6 Å². The Morgan fingerprint density at radius 2 is 2.22 bits per heavy atom. The largest absolute Gasteiger partial charge is 0.394 e. The monoisotopic (exact) mass is 253 g/mol. The summed E-state index contributed by atoms with van der Waals surface area (Å²) >= 11 is 0. The van der Waals surface area contributed by atoms with Crippen molar-refractivity contribution in [2.45, 2.75) is 19.9 Å². The number of nitro benzene ring substituents is 1. The van der Waals surface area contributed by atoms with E-state index in [1.54, 1.807) is 26.0 Å². The summed E-state index contributed by atoms with van der Waals surface area (Å²) in [7, 11) is 0. The van der Waals surface area contributed by atoms with Crippen molar-refractivity contribution in [2.24, 2.45) is 0 Å². The molecule has 0 bridgehead atoms. The minimum absolute atomic E-state index is 0.0528. The molecular weight excluding hydrogens is 238 g/mol. The van der Waals surface area contributed by atoms with E-state index in [9.17, 15) is 14.9 Å². The van der Waals surface area contributed by atoms with Gasteiger partial charge in [0, 0.05) is 17.3 Å². The number of urea groups is 1. The number of benzene rings is 1. The van der Waals surface area contributed by atoms with Gasteiger partial charge in [0.15, 0.2) is 0 Å². The molecule has 0 aliphatic heterocycles. The standard InChI is InChI=1S/C11H15N3O4/c1-7-3-4-9(5-10(7)14(17)18)13-11(16)12-8(2)6-15/h3-5,8,15H,6H2,1-2H3,(H2,12,13,16). The summed E-state index contributed by atoms with van der Waals surface area (Å²) in [6, 6.07) is 3.52. The van der Waals surface area contributed by atoms with Crippen LogP contribution in [0.5, 0.6) is 0 Å². The maximum Gasteiger partial charge on any atom is 0.319 e. The lowest BCUT2D eigenvalue weighted by Gasteiger charge is -2.12. The highest BCUT2D eigenvalue weighted by Gasteiger charge is 2.12. The number of nitrogens with one attached hydrogen (secondary N) is 2. The van der Waals surface area contributed by atoms with Gasteiger partial charge in [-0.15, -0.1) is 0 Å². The van der Waals surface area contributed by atoms with E-state index < -0.39 is 11.0 Å². The van der Waals surface area contributed by atoms with E-state index in [1.165, 1.54) is 6.07 Å². The van der Waals surface area contributed by atoms with Gasteiger partial charge >= 0.3 is 6.03 Å². The summed E-state index contributed by atoms with van der Waals surface area (Å²) in [5, 5.41) is 24.4. The zero-order chi connectivity index (χ0) is 13.7. The first-order valence-corrected chi connectivity index (χ1v) is 5.37. The molecule has 0 aromatic heterocycles. The number of carbonyl (C=O) groups is 1. The molecule has 98 valence electrons. The smallest absolute Gasteiger partial charge is 0.319 e. The third kappa shape index (κ3) is 3.70. The van der Waals surface area contributed by atoms with Crippen LogP contribution in [0.3, 0.4) is 0 Å². The van der Waals surface area contributed by atoms with E-state index in [0.717, 1.165) is 0 Å². The van der Waals surface area contributed by atoms with Crippen molar-refractivity contribution in [1.82, 2.24) is 5.32 Å². The molecule has 18 heavy (non-hydrogen) atoms. The Balaban J connectivity index is 2.76. The molecule has 0 saturated heterocycles. The van der Waals surface area contributed by atoms with Crippen LogP contribution in [0.15, 0.2) is 18.2 Å². The predicted molar refractivity (Wildman–Crippen MR) is 66.5 cm³/mol. The van der Waals surface area contributed by atoms with Gasteiger partial charge in [0.05, 0.1) is 17.6 Å². The molecule has 1 rings (SSSR count). The molecule has 0 aliphatic carbocycles. The number of hydrogen-bond donors (Lipinski definition) is 3. The highest BCUT2D eigenvalue weighted by Crippen LogP contribution is 2.22. The van der Waals surface area contributed by atoms with Crippen LogP contribution >= 0.6 is 0 Å². The van der Waals surface area contributed by atoms with Crippen LogP contribution in [0.2, 0.25) is 0 Å². The first-order valence-electron chi connectivity index (χ1n) is 5.37. The number of carbonyl (C=O) groups excluding carboxylic acids is 1. The fourth-order valence-electron chi connectivity index (χ4n) is 1.32. The van der Waals surface area contributed by atoms with Gasteiger partial charge in [-0.25, -0.2) is 4.79 Å². The van der Waals surface area contributed by atoms with Crippen LogP contribution < -0.4 is 10.6 Å².